The van der Waals surface area contributed by atoms with Crippen molar-refractivity contribution >= 4 is 23.0 Å². The summed E-state index contributed by atoms with van der Waals surface area (Å²) in [5, 5.41) is 2.87. The SMILES string of the molecule is CCN(C(=O)c1nc(C(=O)NCCN(C)C)c2ccccn12)c1ccccc1. The fourth-order valence-electron chi connectivity index (χ4n) is 3.00. The van der Waals surface area contributed by atoms with E-state index in [9.17, 15) is 9.59 Å². The van der Waals surface area contributed by atoms with Crippen molar-refractivity contribution in [2.24, 2.45) is 0 Å². The average molecular weight is 379 g/mol. The van der Waals surface area contributed by atoms with Gasteiger partial charge >= 0.3 is 0 Å². The third kappa shape index (κ3) is 4.04. The van der Waals surface area contributed by atoms with Gasteiger partial charge in [0.1, 0.15) is 0 Å². The highest BCUT2D eigenvalue weighted by atomic mass is 16.2. The van der Waals surface area contributed by atoms with Crippen molar-refractivity contribution < 1.29 is 9.59 Å². The van der Waals surface area contributed by atoms with Crippen LogP contribution in [0.15, 0.2) is 54.7 Å². The number of carbonyl (C=O) groups is 2. The lowest BCUT2D eigenvalue weighted by Crippen LogP contribution is -2.33. The van der Waals surface area contributed by atoms with Gasteiger partial charge in [0, 0.05) is 31.5 Å². The smallest absolute Gasteiger partial charge is 0.294 e. The fourth-order valence-corrected chi connectivity index (χ4v) is 3.00. The minimum Gasteiger partial charge on any atom is -0.349 e. The summed E-state index contributed by atoms with van der Waals surface area (Å²) in [7, 11) is 3.88. The number of nitrogens with one attached hydrogen (secondary N) is 1. The topological polar surface area (TPSA) is 70.0 Å². The van der Waals surface area contributed by atoms with Crippen molar-refractivity contribution in [3.63, 3.8) is 0 Å². The molecule has 1 N–H and O–H groups in total. The Kier molecular flexibility index (Phi) is 6.06. The summed E-state index contributed by atoms with van der Waals surface area (Å²) in [5.41, 5.74) is 1.66. The Balaban J connectivity index is 1.95. The van der Waals surface area contributed by atoms with Crippen molar-refractivity contribution in [1.29, 1.82) is 0 Å². The van der Waals surface area contributed by atoms with Gasteiger partial charge in [-0.05, 0) is 45.3 Å². The molecule has 0 saturated carbocycles. The number of pyridine rings is 1. The summed E-state index contributed by atoms with van der Waals surface area (Å²) < 4.78 is 1.68. The van der Waals surface area contributed by atoms with Crippen LogP contribution in [0.2, 0.25) is 0 Å². The molecule has 0 fully saturated rings. The van der Waals surface area contributed by atoms with E-state index in [0.717, 1.165) is 12.2 Å². The maximum atomic E-state index is 13.2. The lowest BCUT2D eigenvalue weighted by molar-refractivity contribution is 0.0948. The van der Waals surface area contributed by atoms with E-state index < -0.39 is 0 Å². The van der Waals surface area contributed by atoms with Gasteiger partial charge in [0.15, 0.2) is 5.69 Å². The Morgan fingerprint density at radius 1 is 1.07 bits per heavy atom. The van der Waals surface area contributed by atoms with Crippen LogP contribution < -0.4 is 10.2 Å². The van der Waals surface area contributed by atoms with E-state index >= 15 is 0 Å². The van der Waals surface area contributed by atoms with Crippen molar-refractivity contribution in [2.75, 3.05) is 38.6 Å². The highest BCUT2D eigenvalue weighted by Crippen LogP contribution is 2.19. The Bertz CT molecular complexity index is 965. The van der Waals surface area contributed by atoms with Gasteiger partial charge < -0.3 is 15.1 Å². The molecular formula is C21H25N5O2. The van der Waals surface area contributed by atoms with Crippen molar-refractivity contribution in [3.8, 4) is 0 Å². The Labute approximate surface area is 164 Å². The van der Waals surface area contributed by atoms with Crippen molar-refractivity contribution in [2.45, 2.75) is 6.92 Å². The number of nitrogens with zero attached hydrogens (tertiary/aromatic N) is 4. The van der Waals surface area contributed by atoms with Crippen LogP contribution in [-0.4, -0.2) is 59.8 Å². The number of anilines is 1. The van der Waals surface area contributed by atoms with Crippen LogP contribution in [0, 0.1) is 0 Å². The van der Waals surface area contributed by atoms with E-state index in [1.54, 1.807) is 21.6 Å². The molecule has 2 amide bonds. The summed E-state index contributed by atoms with van der Waals surface area (Å²) >= 11 is 0. The van der Waals surface area contributed by atoms with Crippen LogP contribution in [0.5, 0.6) is 0 Å². The number of likely N-dealkylation sites (N-methyl/N-ethyl adjacent to an activating group) is 1. The molecular weight excluding hydrogens is 354 g/mol. The molecule has 0 saturated heterocycles. The summed E-state index contributed by atoms with van der Waals surface area (Å²) in [4.78, 5) is 34.0. The Morgan fingerprint density at radius 3 is 2.46 bits per heavy atom. The molecule has 0 aliphatic heterocycles. The van der Waals surface area contributed by atoms with E-state index in [-0.39, 0.29) is 23.3 Å². The zero-order valence-electron chi connectivity index (χ0n) is 16.4. The standard InChI is InChI=1S/C21H25N5O2/c1-4-25(16-10-6-5-7-11-16)21(28)19-23-18(17-12-8-9-14-26(17)19)20(27)22-13-15-24(2)3/h5-12,14H,4,13,15H2,1-3H3,(H,22,27). The zero-order valence-corrected chi connectivity index (χ0v) is 16.4. The second-order valence-corrected chi connectivity index (χ2v) is 6.68. The van der Waals surface area contributed by atoms with Crippen molar-refractivity contribution in [3.05, 3.63) is 66.2 Å². The van der Waals surface area contributed by atoms with Crippen LogP contribution in [-0.2, 0) is 0 Å². The van der Waals surface area contributed by atoms with Crippen LogP contribution in [0.4, 0.5) is 5.69 Å². The van der Waals surface area contributed by atoms with Gasteiger partial charge in [-0.1, -0.05) is 24.3 Å². The quantitative estimate of drug-likeness (QED) is 0.684. The molecule has 2 aromatic heterocycles. The molecule has 3 rings (SSSR count). The van der Waals surface area contributed by atoms with E-state index in [2.05, 4.69) is 10.3 Å². The molecule has 0 spiro atoms. The molecule has 0 aliphatic rings. The highest BCUT2D eigenvalue weighted by Gasteiger charge is 2.25. The zero-order chi connectivity index (χ0) is 20.1. The average Bonchev–Trinajstić information content (AvgIpc) is 3.09. The number of para-hydroxylation sites is 1. The van der Waals surface area contributed by atoms with E-state index in [1.165, 1.54) is 0 Å². The molecule has 0 unspecified atom stereocenters. The number of amides is 2. The summed E-state index contributed by atoms with van der Waals surface area (Å²) in [6, 6.07) is 14.9. The Hall–Kier alpha value is -3.19. The first-order valence-corrected chi connectivity index (χ1v) is 9.29. The minimum absolute atomic E-state index is 0.221. The predicted molar refractivity (Wildman–Crippen MR) is 110 cm³/mol. The lowest BCUT2D eigenvalue weighted by Gasteiger charge is -2.20. The van der Waals surface area contributed by atoms with E-state index in [1.807, 2.05) is 68.4 Å². The molecule has 0 radical (unpaired) electrons. The first-order chi connectivity index (χ1) is 13.5. The fraction of sp³-hybridized carbons (Fsp3) is 0.286. The normalized spacial score (nSPS) is 11.0. The number of benzene rings is 1. The third-order valence-electron chi connectivity index (χ3n) is 4.43. The summed E-state index contributed by atoms with van der Waals surface area (Å²) in [6.07, 6.45) is 1.75. The molecule has 1 aromatic carbocycles. The molecule has 146 valence electrons. The molecule has 28 heavy (non-hydrogen) atoms. The maximum absolute atomic E-state index is 13.2. The lowest BCUT2D eigenvalue weighted by atomic mass is 10.3. The van der Waals surface area contributed by atoms with Crippen LogP contribution in [0.3, 0.4) is 0 Å². The molecule has 7 heteroatoms. The van der Waals surface area contributed by atoms with Gasteiger partial charge in [-0.3, -0.25) is 14.0 Å². The van der Waals surface area contributed by atoms with Crippen LogP contribution >= 0.6 is 0 Å². The summed E-state index contributed by atoms with van der Waals surface area (Å²) in [5.74, 6) is -0.311. The first-order valence-electron chi connectivity index (χ1n) is 9.29. The van der Waals surface area contributed by atoms with Crippen LogP contribution in [0.25, 0.3) is 5.52 Å². The molecule has 0 bridgehead atoms. The predicted octanol–water partition coefficient (Wildman–Crippen LogP) is 2.29. The first kappa shape index (κ1) is 19.6. The largest absolute Gasteiger partial charge is 0.349 e. The van der Waals surface area contributed by atoms with Gasteiger partial charge in [-0.15, -0.1) is 0 Å². The highest BCUT2D eigenvalue weighted by molar-refractivity contribution is 6.07. The van der Waals surface area contributed by atoms with Crippen molar-refractivity contribution in [1.82, 2.24) is 19.6 Å². The maximum Gasteiger partial charge on any atom is 0.294 e. The molecule has 3 aromatic rings. The number of carbonyl (C=O) groups excluding carboxylic acids is 2. The number of aromatic nitrogens is 2. The van der Waals surface area contributed by atoms with Gasteiger partial charge in [0.05, 0.1) is 5.52 Å². The number of hydrogen-bond acceptors (Lipinski definition) is 4. The Morgan fingerprint density at radius 2 is 1.79 bits per heavy atom. The second-order valence-electron chi connectivity index (χ2n) is 6.68. The van der Waals surface area contributed by atoms with Gasteiger partial charge in [0.25, 0.3) is 11.8 Å². The monoisotopic (exact) mass is 379 g/mol. The molecule has 0 aliphatic carbocycles. The molecule has 0 atom stereocenters. The second kappa shape index (κ2) is 8.67. The number of imidazole rings is 1. The van der Waals surface area contributed by atoms with E-state index in [4.69, 9.17) is 0 Å². The number of hydrogen-bond donors (Lipinski definition) is 1. The number of fused-ring (bicyclic) bond motifs is 1. The van der Waals surface area contributed by atoms with E-state index in [0.29, 0.717) is 18.6 Å². The minimum atomic E-state index is -0.285. The molecule has 2 heterocycles. The van der Waals surface area contributed by atoms with Gasteiger partial charge in [0.2, 0.25) is 5.82 Å². The molecule has 7 nitrogen and oxygen atoms in total. The van der Waals surface area contributed by atoms with Gasteiger partial charge in [-0.25, -0.2) is 4.98 Å². The van der Waals surface area contributed by atoms with Crippen LogP contribution in [0.1, 0.15) is 28.0 Å². The third-order valence-corrected chi connectivity index (χ3v) is 4.43. The summed E-state index contributed by atoms with van der Waals surface area (Å²) in [6.45, 7) is 3.64. The van der Waals surface area contributed by atoms with Gasteiger partial charge in [-0.2, -0.15) is 0 Å². The number of rotatable bonds is 7.